The molecule has 0 aromatic rings. The fourth-order valence-corrected chi connectivity index (χ4v) is 3.65. The van der Waals surface area contributed by atoms with Crippen LogP contribution in [0.3, 0.4) is 0 Å². The molecular weight excluding hydrogens is 256 g/mol. The van der Waals surface area contributed by atoms with E-state index in [0.717, 1.165) is 25.9 Å². The molecule has 1 heterocycles. The molecule has 0 aromatic carbocycles. The number of aliphatic carboxylic acids is 1. The third-order valence-corrected chi connectivity index (χ3v) is 4.86. The summed E-state index contributed by atoms with van der Waals surface area (Å²) < 4.78 is 0. The Balaban J connectivity index is 1.79. The lowest BCUT2D eigenvalue weighted by atomic mass is 9.69. The van der Waals surface area contributed by atoms with Crippen LogP contribution >= 0.6 is 0 Å². The summed E-state index contributed by atoms with van der Waals surface area (Å²) in [5.74, 6) is -0.873. The minimum atomic E-state index is -0.873. The highest BCUT2D eigenvalue weighted by Crippen LogP contribution is 2.44. The van der Waals surface area contributed by atoms with Crippen molar-refractivity contribution in [3.05, 3.63) is 0 Å². The molecule has 2 aliphatic rings. The van der Waals surface area contributed by atoms with Crippen LogP contribution in [0, 0.1) is 5.41 Å². The lowest BCUT2D eigenvalue weighted by molar-refractivity contribution is -0.136. The number of carboxylic acid groups (broad SMARTS) is 1. The summed E-state index contributed by atoms with van der Waals surface area (Å²) in [6.45, 7) is 1.84. The van der Waals surface area contributed by atoms with E-state index >= 15 is 0 Å². The maximum absolute atomic E-state index is 12.0. The summed E-state index contributed by atoms with van der Waals surface area (Å²) >= 11 is 0. The van der Waals surface area contributed by atoms with Gasteiger partial charge in [-0.25, -0.2) is 4.79 Å². The summed E-state index contributed by atoms with van der Waals surface area (Å²) in [6, 6.07) is -0.0980. The molecule has 0 radical (unpaired) electrons. The number of likely N-dealkylation sites (tertiary alicyclic amines) is 1. The van der Waals surface area contributed by atoms with Crippen molar-refractivity contribution in [2.75, 3.05) is 19.6 Å². The number of carbonyl (C=O) groups is 2. The first-order chi connectivity index (χ1) is 9.61. The Kier molecular flexibility index (Phi) is 5.26. The topological polar surface area (TPSA) is 69.6 Å². The van der Waals surface area contributed by atoms with Crippen LogP contribution in [0.1, 0.15) is 57.8 Å². The third kappa shape index (κ3) is 4.12. The zero-order valence-electron chi connectivity index (χ0n) is 12.2. The van der Waals surface area contributed by atoms with Crippen LogP contribution < -0.4 is 5.32 Å². The summed E-state index contributed by atoms with van der Waals surface area (Å²) in [4.78, 5) is 24.3. The van der Waals surface area contributed by atoms with E-state index in [2.05, 4.69) is 5.32 Å². The average molecular weight is 282 g/mol. The monoisotopic (exact) mass is 282 g/mol. The van der Waals surface area contributed by atoms with Crippen LogP contribution in [0.5, 0.6) is 0 Å². The summed E-state index contributed by atoms with van der Waals surface area (Å²) in [5.41, 5.74) is 0.481. The van der Waals surface area contributed by atoms with E-state index in [1.54, 1.807) is 0 Å². The highest BCUT2D eigenvalue weighted by atomic mass is 16.4. The highest BCUT2D eigenvalue weighted by molar-refractivity contribution is 5.75. The SMILES string of the molecule is O=C(O)CCNC(=O)N1CCCC2(CCCCC2)CC1. The standard InChI is InChI=1S/C15H26N2O3/c18-13(19)5-10-16-14(20)17-11-4-8-15(9-12-17)6-2-1-3-7-15/h1-12H2,(H,16,20)(H,18,19). The minimum Gasteiger partial charge on any atom is -0.481 e. The maximum atomic E-state index is 12.0. The van der Waals surface area contributed by atoms with Crippen molar-refractivity contribution in [1.29, 1.82) is 0 Å². The fourth-order valence-electron chi connectivity index (χ4n) is 3.65. The van der Waals surface area contributed by atoms with Gasteiger partial charge in [-0.15, -0.1) is 0 Å². The maximum Gasteiger partial charge on any atom is 0.317 e. The van der Waals surface area contributed by atoms with Crippen LogP contribution in [0.15, 0.2) is 0 Å². The van der Waals surface area contributed by atoms with Crippen molar-refractivity contribution in [3.63, 3.8) is 0 Å². The predicted molar refractivity (Wildman–Crippen MR) is 76.6 cm³/mol. The second-order valence-electron chi connectivity index (χ2n) is 6.28. The van der Waals surface area contributed by atoms with Gasteiger partial charge in [-0.2, -0.15) is 0 Å². The van der Waals surface area contributed by atoms with Crippen LogP contribution in [-0.2, 0) is 4.79 Å². The minimum absolute atomic E-state index is 0.0104. The zero-order valence-corrected chi connectivity index (χ0v) is 12.2. The second kappa shape index (κ2) is 6.95. The Morgan fingerprint density at radius 3 is 2.40 bits per heavy atom. The van der Waals surface area contributed by atoms with Gasteiger partial charge in [-0.3, -0.25) is 4.79 Å². The highest BCUT2D eigenvalue weighted by Gasteiger charge is 2.34. The molecule has 2 amide bonds. The van der Waals surface area contributed by atoms with Crippen LogP contribution in [0.25, 0.3) is 0 Å². The van der Waals surface area contributed by atoms with Gasteiger partial charge in [0.2, 0.25) is 0 Å². The lowest BCUT2D eigenvalue weighted by Crippen LogP contribution is -2.41. The van der Waals surface area contributed by atoms with Gasteiger partial charge in [0.05, 0.1) is 6.42 Å². The molecule has 1 spiro atoms. The Labute approximate surface area is 120 Å². The predicted octanol–water partition coefficient (Wildman–Crippen LogP) is 2.61. The van der Waals surface area contributed by atoms with Crippen LogP contribution in [-0.4, -0.2) is 41.6 Å². The molecule has 0 aromatic heterocycles. The number of urea groups is 1. The molecule has 5 heteroatoms. The average Bonchev–Trinajstić information content (AvgIpc) is 2.62. The largest absolute Gasteiger partial charge is 0.481 e. The third-order valence-electron chi connectivity index (χ3n) is 4.86. The molecule has 20 heavy (non-hydrogen) atoms. The molecule has 2 N–H and O–H groups in total. The molecule has 0 atom stereocenters. The second-order valence-corrected chi connectivity index (χ2v) is 6.28. The van der Waals surface area contributed by atoms with Crippen LogP contribution in [0.4, 0.5) is 4.79 Å². The molecule has 1 saturated heterocycles. The Morgan fingerprint density at radius 1 is 1.00 bits per heavy atom. The number of amides is 2. The molecule has 1 aliphatic heterocycles. The number of carboxylic acids is 1. The van der Waals surface area contributed by atoms with Crippen molar-refractivity contribution in [2.24, 2.45) is 5.41 Å². The summed E-state index contributed by atoms with van der Waals surface area (Å²) in [5, 5.41) is 11.3. The smallest absolute Gasteiger partial charge is 0.317 e. The zero-order chi connectivity index (χ0) is 14.4. The van der Waals surface area contributed by atoms with Crippen molar-refractivity contribution in [1.82, 2.24) is 10.2 Å². The van der Waals surface area contributed by atoms with E-state index in [-0.39, 0.29) is 19.0 Å². The van der Waals surface area contributed by atoms with E-state index < -0.39 is 5.97 Å². The first kappa shape index (κ1) is 15.1. The summed E-state index contributed by atoms with van der Waals surface area (Å²) in [7, 11) is 0. The van der Waals surface area contributed by atoms with Gasteiger partial charge >= 0.3 is 12.0 Å². The molecule has 2 rings (SSSR count). The molecule has 2 fully saturated rings. The van der Waals surface area contributed by atoms with Gasteiger partial charge in [-0.05, 0) is 37.5 Å². The summed E-state index contributed by atoms with van der Waals surface area (Å²) in [6.07, 6.45) is 10.1. The van der Waals surface area contributed by atoms with Crippen molar-refractivity contribution >= 4 is 12.0 Å². The molecule has 5 nitrogen and oxygen atoms in total. The van der Waals surface area contributed by atoms with Crippen molar-refractivity contribution in [2.45, 2.75) is 57.8 Å². The molecular formula is C15H26N2O3. The van der Waals surface area contributed by atoms with E-state index in [1.165, 1.54) is 38.5 Å². The van der Waals surface area contributed by atoms with Crippen molar-refractivity contribution in [3.8, 4) is 0 Å². The number of carbonyl (C=O) groups excluding carboxylic acids is 1. The van der Waals surface area contributed by atoms with Gasteiger partial charge in [0.25, 0.3) is 0 Å². The number of nitrogens with zero attached hydrogens (tertiary/aromatic N) is 1. The first-order valence-electron chi connectivity index (χ1n) is 7.86. The molecule has 1 saturated carbocycles. The number of hydrogen-bond donors (Lipinski definition) is 2. The van der Waals surface area contributed by atoms with Gasteiger partial charge in [0.1, 0.15) is 0 Å². The Bertz CT molecular complexity index is 351. The Hall–Kier alpha value is -1.26. The van der Waals surface area contributed by atoms with E-state index in [4.69, 9.17) is 5.11 Å². The van der Waals surface area contributed by atoms with Crippen LogP contribution in [0.2, 0.25) is 0 Å². The Morgan fingerprint density at radius 2 is 1.70 bits per heavy atom. The van der Waals surface area contributed by atoms with E-state index in [0.29, 0.717) is 5.41 Å². The number of nitrogens with one attached hydrogen (secondary N) is 1. The molecule has 0 unspecified atom stereocenters. The normalized spacial score (nSPS) is 22.3. The number of rotatable bonds is 3. The first-order valence-corrected chi connectivity index (χ1v) is 7.86. The van der Waals surface area contributed by atoms with Crippen molar-refractivity contribution < 1.29 is 14.7 Å². The van der Waals surface area contributed by atoms with Gasteiger partial charge in [-0.1, -0.05) is 19.3 Å². The fraction of sp³-hybridized carbons (Fsp3) is 0.867. The molecule has 1 aliphatic carbocycles. The molecule has 0 bridgehead atoms. The van der Waals surface area contributed by atoms with E-state index in [1.807, 2.05) is 4.90 Å². The van der Waals surface area contributed by atoms with Gasteiger partial charge in [0.15, 0.2) is 0 Å². The lowest BCUT2D eigenvalue weighted by Gasteiger charge is -2.36. The number of hydrogen-bond acceptors (Lipinski definition) is 2. The molecule has 114 valence electrons. The van der Waals surface area contributed by atoms with E-state index in [9.17, 15) is 9.59 Å². The van der Waals surface area contributed by atoms with Gasteiger partial charge in [0, 0.05) is 19.6 Å². The quantitative estimate of drug-likeness (QED) is 0.836. The van der Waals surface area contributed by atoms with Gasteiger partial charge < -0.3 is 15.3 Å².